The van der Waals surface area contributed by atoms with E-state index in [0.717, 1.165) is 47.3 Å². The molecule has 15 nitrogen and oxygen atoms in total. The number of hydrogen-bond donors (Lipinski definition) is 0. The van der Waals surface area contributed by atoms with E-state index in [4.69, 9.17) is 23.9 Å². The number of carbonyl (C=O) groups is 5. The average molecular weight is 784 g/mol. The van der Waals surface area contributed by atoms with E-state index < -0.39 is 30.1 Å². The topological polar surface area (TPSA) is 167 Å². The molecule has 0 N–H and O–H groups in total. The van der Waals surface area contributed by atoms with Gasteiger partial charge in [0.25, 0.3) is 5.56 Å². The van der Waals surface area contributed by atoms with Crippen molar-refractivity contribution < 1.29 is 42.9 Å². The van der Waals surface area contributed by atoms with Gasteiger partial charge in [0, 0.05) is 48.0 Å². The number of ether oxygens (including phenoxy) is 4. The minimum atomic E-state index is -1.91. The fourth-order valence-electron chi connectivity index (χ4n) is 9.25. The maximum Gasteiger partial charge on any atom is 0.415 e. The lowest BCUT2D eigenvalue weighted by molar-refractivity contribution is -0.192. The molecule has 57 heavy (non-hydrogen) atoms. The normalized spacial score (nSPS) is 22.4. The molecule has 0 aliphatic carbocycles. The quantitative estimate of drug-likeness (QED) is 0.129. The molecule has 0 bridgehead atoms. The SMILES string of the molecule is CCc1c2c(nc3ccc(OC(=O)N4CCC(N5CCCCC5)CC4)cc13)-c1cc3c(c(=O)n1C2)COC(=O)[C@@]3(CC)OC(=O)COCCN1C(=O)CC(C)C1=O. The zero-order valence-corrected chi connectivity index (χ0v) is 32.8. The van der Waals surface area contributed by atoms with Gasteiger partial charge in [0.05, 0.1) is 42.2 Å². The number of pyridine rings is 2. The number of rotatable bonds is 10. The number of aromatic nitrogens is 2. The molecular weight excluding hydrogens is 734 g/mol. The van der Waals surface area contributed by atoms with Gasteiger partial charge in [-0.1, -0.05) is 27.2 Å². The number of amides is 3. The van der Waals surface area contributed by atoms with Crippen LogP contribution >= 0.6 is 0 Å². The number of cyclic esters (lactones) is 1. The van der Waals surface area contributed by atoms with Crippen molar-refractivity contribution in [3.05, 3.63) is 56.9 Å². The first kappa shape index (κ1) is 38.7. The molecule has 3 aromatic rings. The number of benzene rings is 1. The molecule has 3 saturated heterocycles. The van der Waals surface area contributed by atoms with Crippen molar-refractivity contribution in [3.63, 3.8) is 0 Å². The lowest BCUT2D eigenvalue weighted by atomic mass is 9.85. The second-order valence-electron chi connectivity index (χ2n) is 15.7. The summed E-state index contributed by atoms with van der Waals surface area (Å²) < 4.78 is 24.3. The van der Waals surface area contributed by atoms with Crippen molar-refractivity contribution in [2.45, 2.75) is 96.9 Å². The number of imide groups is 1. The van der Waals surface area contributed by atoms with Crippen LogP contribution in [0.3, 0.4) is 0 Å². The Morgan fingerprint density at radius 2 is 1.75 bits per heavy atom. The van der Waals surface area contributed by atoms with Crippen LogP contribution in [-0.2, 0) is 58.6 Å². The van der Waals surface area contributed by atoms with E-state index in [2.05, 4.69) is 4.90 Å². The van der Waals surface area contributed by atoms with Crippen LogP contribution in [-0.4, -0.2) is 106 Å². The molecule has 0 spiro atoms. The van der Waals surface area contributed by atoms with Gasteiger partial charge < -0.3 is 33.3 Å². The number of likely N-dealkylation sites (tertiary alicyclic amines) is 3. The summed E-state index contributed by atoms with van der Waals surface area (Å²) in [7, 11) is 0. The molecule has 2 aromatic heterocycles. The van der Waals surface area contributed by atoms with Crippen molar-refractivity contribution in [3.8, 4) is 17.1 Å². The van der Waals surface area contributed by atoms with Gasteiger partial charge in [-0.2, -0.15) is 0 Å². The minimum Gasteiger partial charge on any atom is -0.457 e. The summed E-state index contributed by atoms with van der Waals surface area (Å²) in [5, 5.41) is 0.819. The zero-order chi connectivity index (χ0) is 40.0. The van der Waals surface area contributed by atoms with E-state index in [1.54, 1.807) is 35.4 Å². The van der Waals surface area contributed by atoms with Crippen LogP contribution < -0.4 is 10.3 Å². The van der Waals surface area contributed by atoms with Gasteiger partial charge in [-0.15, -0.1) is 0 Å². The highest BCUT2D eigenvalue weighted by Gasteiger charge is 2.50. The van der Waals surface area contributed by atoms with E-state index in [0.29, 0.717) is 48.2 Å². The van der Waals surface area contributed by atoms with Gasteiger partial charge in [0.1, 0.15) is 19.0 Å². The molecule has 0 saturated carbocycles. The third kappa shape index (κ3) is 6.98. The summed E-state index contributed by atoms with van der Waals surface area (Å²) in [6.07, 6.45) is 6.03. The number of esters is 2. The van der Waals surface area contributed by atoms with Crippen LogP contribution in [0.15, 0.2) is 29.1 Å². The molecule has 3 fully saturated rings. The zero-order valence-electron chi connectivity index (χ0n) is 32.8. The summed E-state index contributed by atoms with van der Waals surface area (Å²) >= 11 is 0. The predicted octanol–water partition coefficient (Wildman–Crippen LogP) is 4.05. The van der Waals surface area contributed by atoms with Gasteiger partial charge in [-0.3, -0.25) is 19.3 Å². The molecule has 1 aromatic carbocycles. The van der Waals surface area contributed by atoms with E-state index in [-0.39, 0.29) is 73.7 Å². The molecule has 15 heteroatoms. The molecule has 8 rings (SSSR count). The first-order valence-electron chi connectivity index (χ1n) is 20.3. The van der Waals surface area contributed by atoms with Crippen LogP contribution in [0.2, 0.25) is 0 Å². The highest BCUT2D eigenvalue weighted by molar-refractivity contribution is 6.03. The summed E-state index contributed by atoms with van der Waals surface area (Å²) in [6, 6.07) is 7.60. The largest absolute Gasteiger partial charge is 0.457 e. The van der Waals surface area contributed by atoms with Crippen LogP contribution in [0.1, 0.15) is 88.0 Å². The minimum absolute atomic E-state index is 0.00666. The molecule has 1 unspecified atom stereocenters. The second kappa shape index (κ2) is 15.7. The molecule has 5 aliphatic heterocycles. The van der Waals surface area contributed by atoms with Crippen LogP contribution in [0.5, 0.6) is 5.75 Å². The Hall–Kier alpha value is -5.15. The predicted molar refractivity (Wildman–Crippen MR) is 205 cm³/mol. The van der Waals surface area contributed by atoms with Crippen LogP contribution in [0.25, 0.3) is 22.3 Å². The number of fused-ring (bicyclic) bond motifs is 5. The number of aryl methyl sites for hydroxylation is 1. The first-order chi connectivity index (χ1) is 27.5. The van der Waals surface area contributed by atoms with Gasteiger partial charge >= 0.3 is 18.0 Å². The Bertz CT molecular complexity index is 2200. The molecule has 2 atom stereocenters. The lowest BCUT2D eigenvalue weighted by Gasteiger charge is -2.39. The molecular formula is C42H49N5O10. The van der Waals surface area contributed by atoms with E-state index in [1.807, 2.05) is 19.1 Å². The molecule has 0 radical (unpaired) electrons. The highest BCUT2D eigenvalue weighted by Crippen LogP contribution is 2.42. The molecule has 5 aliphatic rings. The fraction of sp³-hybridized carbons (Fsp3) is 0.548. The summed E-state index contributed by atoms with van der Waals surface area (Å²) in [5.74, 6) is -2.22. The second-order valence-corrected chi connectivity index (χ2v) is 15.7. The van der Waals surface area contributed by atoms with Gasteiger partial charge in [0.2, 0.25) is 17.4 Å². The van der Waals surface area contributed by atoms with Gasteiger partial charge in [-0.05, 0) is 81.4 Å². The summed E-state index contributed by atoms with van der Waals surface area (Å²) in [4.78, 5) is 88.9. The monoisotopic (exact) mass is 783 g/mol. The highest BCUT2D eigenvalue weighted by atomic mass is 16.6. The van der Waals surface area contributed by atoms with Crippen molar-refractivity contribution >= 4 is 40.7 Å². The van der Waals surface area contributed by atoms with E-state index in [1.165, 1.54) is 19.3 Å². The summed E-state index contributed by atoms with van der Waals surface area (Å²) in [5.41, 5.74) is 1.69. The number of piperidine rings is 2. The fourth-order valence-corrected chi connectivity index (χ4v) is 9.25. The Kier molecular flexibility index (Phi) is 10.6. The van der Waals surface area contributed by atoms with Crippen LogP contribution in [0, 0.1) is 5.92 Å². The standard InChI is InChI=1S/C42H49N5O10/c1-4-28-29-20-27(56-41(53)45-15-11-26(12-16-45)44-13-7-6-8-14-44)9-10-33(29)43-37-30(28)22-47-34(37)21-32-31(39(47)51)23-55-40(52)42(32,5-2)57-36(49)24-54-18-17-46-35(48)19-25(3)38(46)50/h9-10,20-21,25-26H,4-8,11-19,22-24H2,1-3H3/t25?,42-/m0/s1. The number of carbonyl (C=O) groups excluding carboxylic acids is 5. The maximum atomic E-state index is 14.2. The Morgan fingerprint density at radius 1 is 0.982 bits per heavy atom. The van der Waals surface area contributed by atoms with Gasteiger partial charge in [-0.25, -0.2) is 19.4 Å². The summed E-state index contributed by atoms with van der Waals surface area (Å²) in [6.45, 7) is 8.28. The smallest absolute Gasteiger partial charge is 0.415 e. The first-order valence-corrected chi connectivity index (χ1v) is 20.3. The van der Waals surface area contributed by atoms with E-state index in [9.17, 15) is 28.8 Å². The van der Waals surface area contributed by atoms with Gasteiger partial charge in [0.15, 0.2) is 0 Å². The molecule has 302 valence electrons. The molecule has 7 heterocycles. The van der Waals surface area contributed by atoms with Crippen molar-refractivity contribution in [1.29, 1.82) is 0 Å². The Labute approximate surface area is 330 Å². The Morgan fingerprint density at radius 3 is 2.46 bits per heavy atom. The number of hydrogen-bond acceptors (Lipinski definition) is 12. The third-order valence-electron chi connectivity index (χ3n) is 12.4. The van der Waals surface area contributed by atoms with E-state index >= 15 is 0 Å². The van der Waals surface area contributed by atoms with Crippen LogP contribution in [0.4, 0.5) is 4.79 Å². The number of nitrogens with zero attached hydrogens (tertiary/aromatic N) is 5. The Balaban J connectivity index is 1.01. The van der Waals surface area contributed by atoms with Crippen molar-refractivity contribution in [1.82, 2.24) is 24.3 Å². The van der Waals surface area contributed by atoms with Crippen molar-refractivity contribution in [2.24, 2.45) is 5.92 Å². The third-order valence-corrected chi connectivity index (χ3v) is 12.4. The maximum absolute atomic E-state index is 14.2. The average Bonchev–Trinajstić information content (AvgIpc) is 3.71. The lowest BCUT2D eigenvalue weighted by Crippen LogP contribution is -2.48. The van der Waals surface area contributed by atoms with Crippen molar-refractivity contribution in [2.75, 3.05) is 45.9 Å². The molecule has 3 amide bonds.